The number of aliphatic hydroxyl groups is 1. The van der Waals surface area contributed by atoms with Gasteiger partial charge in [-0.15, -0.1) is 0 Å². The van der Waals surface area contributed by atoms with Crippen LogP contribution in [0.15, 0.2) is 24.3 Å². The van der Waals surface area contributed by atoms with E-state index < -0.39 is 5.54 Å². The van der Waals surface area contributed by atoms with Gasteiger partial charge >= 0.3 is 0 Å². The smallest absolute Gasteiger partial charge is 0.0608 e. The van der Waals surface area contributed by atoms with Gasteiger partial charge in [0.2, 0.25) is 0 Å². The number of benzene rings is 1. The van der Waals surface area contributed by atoms with E-state index in [-0.39, 0.29) is 6.61 Å². The summed E-state index contributed by atoms with van der Waals surface area (Å²) in [6.45, 7) is 9.59. The lowest BCUT2D eigenvalue weighted by atomic mass is 9.98. The van der Waals surface area contributed by atoms with Crippen LogP contribution in [0.3, 0.4) is 0 Å². The molecule has 0 spiro atoms. The van der Waals surface area contributed by atoms with Crippen LogP contribution in [0, 0.1) is 6.92 Å². The third-order valence-electron chi connectivity index (χ3n) is 4.32. The summed E-state index contributed by atoms with van der Waals surface area (Å²) < 4.78 is 0. The molecular weight excluding hydrogens is 262 g/mol. The fourth-order valence-corrected chi connectivity index (χ4v) is 2.84. The van der Waals surface area contributed by atoms with Crippen LogP contribution in [0.25, 0.3) is 0 Å². The second kappa shape index (κ2) is 7.25. The van der Waals surface area contributed by atoms with E-state index in [2.05, 4.69) is 41.0 Å². The maximum absolute atomic E-state index is 9.17. The molecule has 1 aliphatic rings. The fraction of sp³-hybridized carbons (Fsp3) is 0.647. The first-order valence-corrected chi connectivity index (χ1v) is 7.94. The minimum Gasteiger partial charge on any atom is -0.394 e. The Balaban J connectivity index is 1.73. The molecule has 21 heavy (non-hydrogen) atoms. The van der Waals surface area contributed by atoms with E-state index in [4.69, 9.17) is 10.8 Å². The minimum atomic E-state index is -0.427. The third kappa shape index (κ3) is 4.99. The molecule has 3 N–H and O–H groups in total. The van der Waals surface area contributed by atoms with Gasteiger partial charge in [-0.3, -0.25) is 4.90 Å². The zero-order valence-corrected chi connectivity index (χ0v) is 13.4. The summed E-state index contributed by atoms with van der Waals surface area (Å²) in [5.74, 6) is 0. The lowest BCUT2D eigenvalue weighted by molar-refractivity contribution is 0.186. The summed E-state index contributed by atoms with van der Waals surface area (Å²) >= 11 is 0. The zero-order chi connectivity index (χ0) is 15.3. The van der Waals surface area contributed by atoms with E-state index in [9.17, 15) is 0 Å². The molecule has 1 aromatic rings. The van der Waals surface area contributed by atoms with Crippen molar-refractivity contribution < 1.29 is 5.11 Å². The van der Waals surface area contributed by atoms with E-state index in [0.29, 0.717) is 0 Å². The van der Waals surface area contributed by atoms with E-state index in [1.54, 1.807) is 0 Å². The largest absolute Gasteiger partial charge is 0.394 e. The SMILES string of the molecule is Cc1cccc(N2CCN(CCCC(C)(N)CO)CC2)c1. The van der Waals surface area contributed by atoms with Crippen LogP contribution in [0.5, 0.6) is 0 Å². The van der Waals surface area contributed by atoms with E-state index in [1.165, 1.54) is 11.3 Å². The van der Waals surface area contributed by atoms with Crippen LogP contribution >= 0.6 is 0 Å². The molecule has 4 nitrogen and oxygen atoms in total. The minimum absolute atomic E-state index is 0.0636. The first-order chi connectivity index (χ1) is 10.00. The highest BCUT2D eigenvalue weighted by Crippen LogP contribution is 2.18. The van der Waals surface area contributed by atoms with E-state index in [1.807, 2.05) is 6.92 Å². The molecule has 1 aromatic carbocycles. The van der Waals surface area contributed by atoms with Gasteiger partial charge < -0.3 is 15.7 Å². The summed E-state index contributed by atoms with van der Waals surface area (Å²) in [4.78, 5) is 4.96. The summed E-state index contributed by atoms with van der Waals surface area (Å²) in [5.41, 5.74) is 8.20. The standard InChI is InChI=1S/C17H29N3O/c1-15-5-3-6-16(13-15)20-11-9-19(10-12-20)8-4-7-17(2,18)14-21/h3,5-6,13,21H,4,7-12,14,18H2,1-2H3. The molecule has 2 rings (SSSR count). The van der Waals surface area contributed by atoms with Gasteiger partial charge in [-0.25, -0.2) is 0 Å². The molecule has 1 unspecified atom stereocenters. The summed E-state index contributed by atoms with van der Waals surface area (Å²) in [6.07, 6.45) is 1.93. The van der Waals surface area contributed by atoms with Crippen molar-refractivity contribution >= 4 is 5.69 Å². The van der Waals surface area contributed by atoms with Gasteiger partial charge in [0.1, 0.15) is 0 Å². The second-order valence-corrected chi connectivity index (χ2v) is 6.58. The number of hydrogen-bond acceptors (Lipinski definition) is 4. The van der Waals surface area contributed by atoms with Crippen molar-refractivity contribution in [2.24, 2.45) is 5.73 Å². The molecule has 118 valence electrons. The van der Waals surface area contributed by atoms with E-state index in [0.717, 1.165) is 45.6 Å². The second-order valence-electron chi connectivity index (χ2n) is 6.58. The lowest BCUT2D eigenvalue weighted by Crippen LogP contribution is -2.47. The highest BCUT2D eigenvalue weighted by molar-refractivity contribution is 5.48. The Kier molecular flexibility index (Phi) is 5.62. The van der Waals surface area contributed by atoms with Crippen molar-refractivity contribution in [3.63, 3.8) is 0 Å². The number of nitrogens with zero attached hydrogens (tertiary/aromatic N) is 2. The first kappa shape index (κ1) is 16.3. The summed E-state index contributed by atoms with van der Waals surface area (Å²) in [7, 11) is 0. The van der Waals surface area contributed by atoms with Gasteiger partial charge in [-0.1, -0.05) is 12.1 Å². The molecule has 1 atom stereocenters. The van der Waals surface area contributed by atoms with Gasteiger partial charge in [0.05, 0.1) is 6.61 Å². The highest BCUT2D eigenvalue weighted by Gasteiger charge is 2.19. The monoisotopic (exact) mass is 291 g/mol. The molecule has 4 heteroatoms. The van der Waals surface area contributed by atoms with E-state index >= 15 is 0 Å². The quantitative estimate of drug-likeness (QED) is 0.836. The first-order valence-electron chi connectivity index (χ1n) is 7.94. The molecule has 0 aliphatic carbocycles. The predicted molar refractivity (Wildman–Crippen MR) is 88.7 cm³/mol. The van der Waals surface area contributed by atoms with Crippen molar-refractivity contribution in [3.05, 3.63) is 29.8 Å². The normalized spacial score (nSPS) is 19.5. The molecule has 1 heterocycles. The van der Waals surface area contributed by atoms with Crippen LogP contribution in [-0.2, 0) is 0 Å². The Hall–Kier alpha value is -1.10. The molecule has 1 aliphatic heterocycles. The van der Waals surface area contributed by atoms with Gasteiger partial charge in [-0.05, 0) is 50.9 Å². The maximum atomic E-state index is 9.17. The number of anilines is 1. The van der Waals surface area contributed by atoms with Gasteiger partial charge in [0.15, 0.2) is 0 Å². The van der Waals surface area contributed by atoms with Crippen LogP contribution in [-0.4, -0.2) is 54.9 Å². The van der Waals surface area contributed by atoms with Crippen LogP contribution in [0.2, 0.25) is 0 Å². The Morgan fingerprint density at radius 3 is 2.57 bits per heavy atom. The highest BCUT2D eigenvalue weighted by atomic mass is 16.3. The van der Waals surface area contributed by atoms with Crippen molar-refractivity contribution in [1.82, 2.24) is 4.90 Å². The van der Waals surface area contributed by atoms with Crippen molar-refractivity contribution in [1.29, 1.82) is 0 Å². The van der Waals surface area contributed by atoms with Crippen LogP contribution < -0.4 is 10.6 Å². The maximum Gasteiger partial charge on any atom is 0.0608 e. The Morgan fingerprint density at radius 2 is 1.95 bits per heavy atom. The molecule has 0 bridgehead atoms. The Bertz CT molecular complexity index is 439. The van der Waals surface area contributed by atoms with Gasteiger partial charge in [0.25, 0.3) is 0 Å². The topological polar surface area (TPSA) is 52.7 Å². The van der Waals surface area contributed by atoms with Crippen molar-refractivity contribution in [2.45, 2.75) is 32.2 Å². The number of aliphatic hydroxyl groups excluding tert-OH is 1. The molecule has 0 aromatic heterocycles. The summed E-state index contributed by atoms with van der Waals surface area (Å²) in [6, 6.07) is 8.74. The third-order valence-corrected chi connectivity index (χ3v) is 4.32. The molecule has 1 saturated heterocycles. The van der Waals surface area contributed by atoms with Crippen molar-refractivity contribution in [3.8, 4) is 0 Å². The Morgan fingerprint density at radius 1 is 1.24 bits per heavy atom. The predicted octanol–water partition coefficient (Wildman–Crippen LogP) is 1.61. The van der Waals surface area contributed by atoms with Gasteiger partial charge in [-0.2, -0.15) is 0 Å². The molecule has 0 saturated carbocycles. The van der Waals surface area contributed by atoms with Crippen LogP contribution in [0.4, 0.5) is 5.69 Å². The molecular formula is C17H29N3O. The molecule has 0 radical (unpaired) electrons. The molecule has 1 fully saturated rings. The molecule has 0 amide bonds. The summed E-state index contributed by atoms with van der Waals surface area (Å²) in [5, 5.41) is 9.17. The lowest BCUT2D eigenvalue weighted by Gasteiger charge is -2.36. The fourth-order valence-electron chi connectivity index (χ4n) is 2.84. The number of nitrogens with two attached hydrogens (primary N) is 1. The number of piperazine rings is 1. The Labute approximate surface area is 128 Å². The average molecular weight is 291 g/mol. The number of aryl methyl sites for hydroxylation is 1. The number of hydrogen-bond donors (Lipinski definition) is 2. The van der Waals surface area contributed by atoms with Gasteiger partial charge in [0, 0.05) is 37.4 Å². The van der Waals surface area contributed by atoms with Crippen LogP contribution in [0.1, 0.15) is 25.3 Å². The zero-order valence-electron chi connectivity index (χ0n) is 13.4. The number of rotatable bonds is 6. The average Bonchev–Trinajstić information content (AvgIpc) is 2.48. The van der Waals surface area contributed by atoms with Crippen molar-refractivity contribution in [2.75, 3.05) is 44.2 Å².